The van der Waals surface area contributed by atoms with Gasteiger partial charge in [-0.2, -0.15) is 0 Å². The number of methoxy groups -OCH3 is 2. The van der Waals surface area contributed by atoms with E-state index in [0.717, 1.165) is 29.9 Å². The Labute approximate surface area is 168 Å². The van der Waals surface area contributed by atoms with Crippen molar-refractivity contribution in [1.29, 1.82) is 0 Å². The second-order valence-electron chi connectivity index (χ2n) is 6.73. The lowest BCUT2D eigenvalue weighted by molar-refractivity contribution is -0.114. The topological polar surface area (TPSA) is 103 Å². The number of ether oxygens (including phenoxy) is 2. The molecule has 9 heteroatoms. The van der Waals surface area contributed by atoms with Gasteiger partial charge in [-0.1, -0.05) is 12.1 Å². The van der Waals surface area contributed by atoms with Crippen LogP contribution >= 0.6 is 0 Å². The van der Waals surface area contributed by atoms with E-state index >= 15 is 0 Å². The van der Waals surface area contributed by atoms with Crippen molar-refractivity contribution in [3.8, 4) is 22.9 Å². The minimum Gasteiger partial charge on any atom is -0.497 e. The van der Waals surface area contributed by atoms with Crippen LogP contribution in [-0.4, -0.2) is 46.9 Å². The molecule has 3 aromatic rings. The first-order valence-corrected chi connectivity index (χ1v) is 9.32. The fourth-order valence-electron chi connectivity index (χ4n) is 3.00. The Morgan fingerprint density at radius 1 is 1.17 bits per heavy atom. The van der Waals surface area contributed by atoms with Crippen molar-refractivity contribution < 1.29 is 14.3 Å². The van der Waals surface area contributed by atoms with Crippen LogP contribution in [0.3, 0.4) is 0 Å². The van der Waals surface area contributed by atoms with E-state index in [9.17, 15) is 4.79 Å². The van der Waals surface area contributed by atoms with E-state index in [-0.39, 0.29) is 12.5 Å². The number of rotatable bonds is 8. The molecule has 150 valence electrons. The number of anilines is 2. The number of carbonyl (C=O) groups excluding carboxylic acids is 1. The maximum atomic E-state index is 12.4. The third kappa shape index (κ3) is 4.29. The molecule has 2 aromatic carbocycles. The summed E-state index contributed by atoms with van der Waals surface area (Å²) in [6.45, 7) is 0.103. The van der Waals surface area contributed by atoms with Crippen molar-refractivity contribution >= 4 is 17.3 Å². The zero-order chi connectivity index (χ0) is 20.2. The Morgan fingerprint density at radius 2 is 2.03 bits per heavy atom. The van der Waals surface area contributed by atoms with Crippen LogP contribution < -0.4 is 20.1 Å². The largest absolute Gasteiger partial charge is 0.497 e. The van der Waals surface area contributed by atoms with E-state index in [2.05, 4.69) is 26.2 Å². The summed E-state index contributed by atoms with van der Waals surface area (Å²) in [5.74, 6) is 1.74. The summed E-state index contributed by atoms with van der Waals surface area (Å²) < 4.78 is 12.3. The molecule has 29 heavy (non-hydrogen) atoms. The zero-order valence-corrected chi connectivity index (χ0v) is 16.3. The average molecular weight is 394 g/mol. The minimum absolute atomic E-state index is 0.103. The third-order valence-electron chi connectivity index (χ3n) is 4.64. The van der Waals surface area contributed by atoms with E-state index in [1.807, 2.05) is 28.9 Å². The van der Waals surface area contributed by atoms with Crippen molar-refractivity contribution in [2.45, 2.75) is 18.9 Å². The predicted molar refractivity (Wildman–Crippen MR) is 108 cm³/mol. The molecule has 1 aromatic heterocycles. The number of amides is 1. The molecule has 1 amide bonds. The van der Waals surface area contributed by atoms with Gasteiger partial charge in [-0.05, 0) is 47.5 Å². The Balaban J connectivity index is 1.40. The number of tetrazole rings is 1. The van der Waals surface area contributed by atoms with Gasteiger partial charge in [0.1, 0.15) is 11.5 Å². The molecule has 1 aliphatic carbocycles. The maximum absolute atomic E-state index is 12.4. The second kappa shape index (κ2) is 8.17. The highest BCUT2D eigenvalue weighted by atomic mass is 16.5. The molecule has 1 saturated carbocycles. The van der Waals surface area contributed by atoms with Crippen LogP contribution in [0.5, 0.6) is 11.5 Å². The van der Waals surface area contributed by atoms with Crippen molar-refractivity contribution in [2.24, 2.45) is 0 Å². The molecule has 1 fully saturated rings. The molecule has 0 spiro atoms. The van der Waals surface area contributed by atoms with Crippen LogP contribution in [0.2, 0.25) is 0 Å². The maximum Gasteiger partial charge on any atom is 0.243 e. The van der Waals surface area contributed by atoms with E-state index in [0.29, 0.717) is 23.2 Å². The molecule has 0 saturated heterocycles. The van der Waals surface area contributed by atoms with Crippen molar-refractivity contribution in [3.05, 3.63) is 42.5 Å². The quantitative estimate of drug-likeness (QED) is 0.605. The fraction of sp³-hybridized carbons (Fsp3) is 0.300. The van der Waals surface area contributed by atoms with E-state index < -0.39 is 0 Å². The van der Waals surface area contributed by atoms with Crippen LogP contribution in [-0.2, 0) is 4.79 Å². The summed E-state index contributed by atoms with van der Waals surface area (Å²) >= 11 is 0. The van der Waals surface area contributed by atoms with Gasteiger partial charge >= 0.3 is 0 Å². The van der Waals surface area contributed by atoms with Crippen LogP contribution in [0.1, 0.15) is 18.9 Å². The second-order valence-corrected chi connectivity index (χ2v) is 6.73. The monoisotopic (exact) mass is 394 g/mol. The number of hydrogen-bond donors (Lipinski definition) is 2. The van der Waals surface area contributed by atoms with Crippen molar-refractivity contribution in [1.82, 2.24) is 20.2 Å². The van der Waals surface area contributed by atoms with Gasteiger partial charge < -0.3 is 20.1 Å². The first-order valence-electron chi connectivity index (χ1n) is 9.32. The fourth-order valence-corrected chi connectivity index (χ4v) is 3.00. The zero-order valence-electron chi connectivity index (χ0n) is 16.3. The first-order chi connectivity index (χ1) is 14.2. The molecule has 0 aliphatic heterocycles. The summed E-state index contributed by atoms with van der Waals surface area (Å²) in [4.78, 5) is 12.4. The first kappa shape index (κ1) is 18.7. The molecule has 2 N–H and O–H groups in total. The van der Waals surface area contributed by atoms with Crippen LogP contribution in [0.25, 0.3) is 11.4 Å². The van der Waals surface area contributed by atoms with E-state index in [1.165, 1.54) is 0 Å². The van der Waals surface area contributed by atoms with Gasteiger partial charge in [-0.3, -0.25) is 4.79 Å². The SMILES string of the molecule is COc1ccc(NC(=O)CNc2cccc(-c3nnnn3C3CC3)c2)c(OC)c1. The van der Waals surface area contributed by atoms with Crippen LogP contribution in [0.4, 0.5) is 11.4 Å². The van der Waals surface area contributed by atoms with Gasteiger partial charge in [0.05, 0.1) is 32.5 Å². The van der Waals surface area contributed by atoms with E-state index in [1.54, 1.807) is 32.4 Å². The summed E-state index contributed by atoms with van der Waals surface area (Å²) in [7, 11) is 3.12. The Kier molecular flexibility index (Phi) is 5.28. The highest BCUT2D eigenvalue weighted by Gasteiger charge is 2.28. The van der Waals surface area contributed by atoms with Gasteiger partial charge in [0.15, 0.2) is 5.82 Å². The summed E-state index contributed by atoms with van der Waals surface area (Å²) in [5.41, 5.74) is 2.30. The Bertz CT molecular complexity index is 1010. The van der Waals surface area contributed by atoms with Gasteiger partial charge in [-0.25, -0.2) is 4.68 Å². The number of aromatic nitrogens is 4. The van der Waals surface area contributed by atoms with Crippen LogP contribution in [0.15, 0.2) is 42.5 Å². The molecule has 1 heterocycles. The van der Waals surface area contributed by atoms with Crippen molar-refractivity contribution in [2.75, 3.05) is 31.4 Å². The lowest BCUT2D eigenvalue weighted by Gasteiger charge is -2.12. The highest BCUT2D eigenvalue weighted by molar-refractivity contribution is 5.95. The summed E-state index contributed by atoms with van der Waals surface area (Å²) in [6, 6.07) is 13.3. The molecule has 0 atom stereocenters. The smallest absolute Gasteiger partial charge is 0.243 e. The molecular weight excluding hydrogens is 372 g/mol. The van der Waals surface area contributed by atoms with Gasteiger partial charge in [0, 0.05) is 17.3 Å². The third-order valence-corrected chi connectivity index (χ3v) is 4.64. The molecule has 1 aliphatic rings. The molecule has 9 nitrogen and oxygen atoms in total. The number of nitrogens with zero attached hydrogens (tertiary/aromatic N) is 4. The standard InChI is InChI=1S/C20H22N6O3/c1-28-16-8-9-17(18(11-16)29-2)22-19(27)12-21-14-5-3-4-13(10-14)20-23-24-25-26(20)15-6-7-15/h3-5,8-11,15,21H,6-7,12H2,1-2H3,(H,22,27). The Hall–Kier alpha value is -3.62. The van der Waals surface area contributed by atoms with Gasteiger partial charge in [0.2, 0.25) is 5.91 Å². The number of carbonyl (C=O) groups is 1. The molecular formula is C20H22N6O3. The number of benzene rings is 2. The lowest BCUT2D eigenvalue weighted by atomic mass is 10.2. The summed E-state index contributed by atoms with van der Waals surface area (Å²) in [5, 5.41) is 18.0. The minimum atomic E-state index is -0.193. The van der Waals surface area contributed by atoms with Crippen LogP contribution in [0, 0.1) is 0 Å². The molecule has 0 unspecified atom stereocenters. The Morgan fingerprint density at radius 3 is 2.79 bits per heavy atom. The van der Waals surface area contributed by atoms with Gasteiger partial charge in [-0.15, -0.1) is 5.10 Å². The molecule has 0 bridgehead atoms. The number of nitrogens with one attached hydrogen (secondary N) is 2. The average Bonchev–Trinajstić information content (AvgIpc) is 3.48. The normalized spacial score (nSPS) is 13.0. The lowest BCUT2D eigenvalue weighted by Crippen LogP contribution is -2.22. The molecule has 4 rings (SSSR count). The summed E-state index contributed by atoms with van der Waals surface area (Å²) in [6.07, 6.45) is 2.20. The predicted octanol–water partition coefficient (Wildman–Crippen LogP) is 2.74. The number of hydrogen-bond acceptors (Lipinski definition) is 7. The highest BCUT2D eigenvalue weighted by Crippen LogP contribution is 2.36. The van der Waals surface area contributed by atoms with Gasteiger partial charge in [0.25, 0.3) is 0 Å². The van der Waals surface area contributed by atoms with E-state index in [4.69, 9.17) is 9.47 Å². The van der Waals surface area contributed by atoms with Crippen molar-refractivity contribution in [3.63, 3.8) is 0 Å². The molecule has 0 radical (unpaired) electrons.